The van der Waals surface area contributed by atoms with E-state index in [0.717, 1.165) is 4.90 Å². The number of carbonyl (C=O) groups excluding carboxylic acids is 1. The van der Waals surface area contributed by atoms with Crippen molar-refractivity contribution in [2.75, 3.05) is 13.1 Å². The first-order valence-electron chi connectivity index (χ1n) is 7.46. The molecule has 0 spiro atoms. The van der Waals surface area contributed by atoms with Crippen LogP contribution in [0, 0.1) is 5.41 Å². The van der Waals surface area contributed by atoms with Crippen LogP contribution < -0.4 is 0 Å². The summed E-state index contributed by atoms with van der Waals surface area (Å²) >= 11 is 5.88. The van der Waals surface area contributed by atoms with E-state index in [9.17, 15) is 22.8 Å². The van der Waals surface area contributed by atoms with Crippen molar-refractivity contribution >= 4 is 23.5 Å². The molecule has 0 saturated carbocycles. The Kier molecular flexibility index (Phi) is 4.43. The van der Waals surface area contributed by atoms with Gasteiger partial charge >= 0.3 is 12.1 Å². The lowest BCUT2D eigenvalue weighted by Gasteiger charge is -2.26. The quantitative estimate of drug-likeness (QED) is 0.870. The molecule has 0 aliphatic carbocycles. The highest BCUT2D eigenvalue weighted by molar-refractivity contribution is 6.30. The highest BCUT2D eigenvalue weighted by atomic mass is 35.5. The fourth-order valence-electron chi connectivity index (χ4n) is 2.83. The van der Waals surface area contributed by atoms with Crippen LogP contribution in [0.2, 0.25) is 5.02 Å². The Morgan fingerprint density at radius 2 is 2.04 bits per heavy atom. The number of rotatable bonds is 3. The molecule has 3 rings (SSSR count). The van der Waals surface area contributed by atoms with Crippen LogP contribution in [0.15, 0.2) is 34.9 Å². The molecule has 1 saturated heterocycles. The number of hydrogen-bond acceptors (Lipinski definition) is 4. The van der Waals surface area contributed by atoms with Gasteiger partial charge in [-0.15, -0.1) is 0 Å². The molecule has 1 amide bonds. The van der Waals surface area contributed by atoms with Crippen LogP contribution >= 0.6 is 11.6 Å². The van der Waals surface area contributed by atoms with Crippen LogP contribution in [-0.4, -0.2) is 46.3 Å². The molecule has 1 N–H and O–H groups in total. The molecule has 1 unspecified atom stereocenters. The predicted octanol–water partition coefficient (Wildman–Crippen LogP) is 3.47. The Balaban J connectivity index is 1.82. The molecule has 1 aromatic heterocycles. The van der Waals surface area contributed by atoms with Gasteiger partial charge in [0.2, 0.25) is 5.76 Å². The third-order valence-electron chi connectivity index (χ3n) is 4.35. The van der Waals surface area contributed by atoms with Gasteiger partial charge in [-0.05, 0) is 18.6 Å². The summed E-state index contributed by atoms with van der Waals surface area (Å²) in [4.78, 5) is 24.4. The summed E-state index contributed by atoms with van der Waals surface area (Å²) in [6.45, 7) is -1.32. The highest BCUT2D eigenvalue weighted by Crippen LogP contribution is 2.46. The molecule has 1 fully saturated rings. The highest BCUT2D eigenvalue weighted by Gasteiger charge is 2.64. The number of amides is 1. The molecular weight excluding hydrogens is 377 g/mol. The van der Waals surface area contributed by atoms with E-state index < -0.39 is 36.4 Å². The maximum Gasteiger partial charge on any atom is 0.406 e. The predicted molar refractivity (Wildman–Crippen MR) is 83.6 cm³/mol. The monoisotopic (exact) mass is 388 g/mol. The lowest BCUT2D eigenvalue weighted by atomic mass is 9.86. The van der Waals surface area contributed by atoms with Crippen LogP contribution in [0.5, 0.6) is 0 Å². The minimum absolute atomic E-state index is 0.275. The number of halogens is 4. The summed E-state index contributed by atoms with van der Waals surface area (Å²) in [6, 6.07) is 7.85. The van der Waals surface area contributed by atoms with E-state index in [4.69, 9.17) is 21.2 Å². The van der Waals surface area contributed by atoms with Gasteiger partial charge in [-0.1, -0.05) is 28.9 Å². The molecule has 1 aliphatic heterocycles. The minimum atomic E-state index is -4.97. The van der Waals surface area contributed by atoms with Crippen molar-refractivity contribution in [2.45, 2.75) is 12.6 Å². The van der Waals surface area contributed by atoms with E-state index in [1.165, 1.54) is 6.07 Å². The first kappa shape index (κ1) is 18.2. The maximum atomic E-state index is 13.2. The van der Waals surface area contributed by atoms with Crippen molar-refractivity contribution in [2.24, 2.45) is 5.41 Å². The van der Waals surface area contributed by atoms with Gasteiger partial charge in [-0.2, -0.15) is 13.2 Å². The summed E-state index contributed by atoms with van der Waals surface area (Å²) in [5.74, 6) is -3.13. The topological polar surface area (TPSA) is 83.6 Å². The standard InChI is InChI=1S/C16H12ClF3N2O4/c17-10-3-1-2-9(6-10)11-7-12(26-21-11)13(23)22-5-4-15(8-22,14(24)25)16(18,19)20/h1-3,6-7H,4-5,8H2,(H,24,25). The molecule has 0 radical (unpaired) electrons. The van der Waals surface area contributed by atoms with Gasteiger partial charge in [0.15, 0.2) is 5.41 Å². The van der Waals surface area contributed by atoms with Crippen LogP contribution in [0.4, 0.5) is 13.2 Å². The molecule has 2 aromatic rings. The number of aromatic nitrogens is 1. The molecule has 138 valence electrons. The lowest BCUT2D eigenvalue weighted by Crippen LogP contribution is -2.47. The van der Waals surface area contributed by atoms with Crippen molar-refractivity contribution in [3.63, 3.8) is 0 Å². The largest absolute Gasteiger partial charge is 0.481 e. The van der Waals surface area contributed by atoms with Gasteiger partial charge in [-0.25, -0.2) is 0 Å². The second-order valence-corrected chi connectivity index (χ2v) is 6.38. The van der Waals surface area contributed by atoms with Gasteiger partial charge in [0, 0.05) is 29.7 Å². The SMILES string of the molecule is O=C(c1cc(-c2cccc(Cl)c2)no1)N1CCC(C(=O)O)(C(F)(F)F)C1. The molecular formula is C16H12ClF3N2O4. The number of carbonyl (C=O) groups is 2. The van der Waals surface area contributed by atoms with Gasteiger partial charge in [-0.3, -0.25) is 9.59 Å². The molecule has 1 aliphatic rings. The Hall–Kier alpha value is -2.55. The molecule has 26 heavy (non-hydrogen) atoms. The number of carboxylic acid groups (broad SMARTS) is 1. The average Bonchev–Trinajstić information content (AvgIpc) is 3.22. The Morgan fingerprint density at radius 3 is 2.62 bits per heavy atom. The third-order valence-corrected chi connectivity index (χ3v) is 4.58. The fourth-order valence-corrected chi connectivity index (χ4v) is 3.02. The van der Waals surface area contributed by atoms with Crippen molar-refractivity contribution < 1.29 is 32.4 Å². The molecule has 2 heterocycles. The Morgan fingerprint density at radius 1 is 1.31 bits per heavy atom. The smallest absolute Gasteiger partial charge is 0.406 e. The normalized spacial score (nSPS) is 20.4. The van der Waals surface area contributed by atoms with Gasteiger partial charge < -0.3 is 14.5 Å². The first-order valence-corrected chi connectivity index (χ1v) is 7.84. The summed E-state index contributed by atoms with van der Waals surface area (Å²) in [5.41, 5.74) is -2.12. The second kappa shape index (κ2) is 6.31. The fraction of sp³-hybridized carbons (Fsp3) is 0.312. The summed E-state index contributed by atoms with van der Waals surface area (Å²) in [6.07, 6.45) is -5.69. The number of alkyl halides is 3. The molecule has 0 bridgehead atoms. The van der Waals surface area contributed by atoms with Crippen molar-refractivity contribution in [1.82, 2.24) is 10.1 Å². The number of aliphatic carboxylic acids is 1. The first-order chi connectivity index (χ1) is 12.1. The Bertz CT molecular complexity index is 867. The number of hydrogen-bond donors (Lipinski definition) is 1. The van der Waals surface area contributed by atoms with Gasteiger partial charge in [0.25, 0.3) is 5.91 Å². The zero-order chi connectivity index (χ0) is 19.1. The van der Waals surface area contributed by atoms with E-state index in [1.807, 2.05) is 0 Å². The van der Waals surface area contributed by atoms with Crippen LogP contribution in [0.25, 0.3) is 11.3 Å². The third kappa shape index (κ3) is 3.03. The van der Waals surface area contributed by atoms with Gasteiger partial charge in [0.1, 0.15) is 5.69 Å². The number of likely N-dealkylation sites (tertiary alicyclic amines) is 1. The van der Waals surface area contributed by atoms with Gasteiger partial charge in [0.05, 0.1) is 0 Å². The number of carboxylic acids is 1. The average molecular weight is 389 g/mol. The summed E-state index contributed by atoms with van der Waals surface area (Å²) in [7, 11) is 0. The van der Waals surface area contributed by atoms with E-state index in [-0.39, 0.29) is 18.0 Å². The van der Waals surface area contributed by atoms with Crippen molar-refractivity contribution in [3.8, 4) is 11.3 Å². The molecule has 6 nitrogen and oxygen atoms in total. The molecule has 10 heteroatoms. The summed E-state index contributed by atoms with van der Waals surface area (Å²) in [5, 5.41) is 13.2. The van der Waals surface area contributed by atoms with Crippen LogP contribution in [0.1, 0.15) is 17.0 Å². The van der Waals surface area contributed by atoms with E-state index >= 15 is 0 Å². The second-order valence-electron chi connectivity index (χ2n) is 5.95. The van der Waals surface area contributed by atoms with Crippen molar-refractivity contribution in [1.29, 1.82) is 0 Å². The van der Waals surface area contributed by atoms with Crippen LogP contribution in [-0.2, 0) is 4.79 Å². The zero-order valence-corrected chi connectivity index (χ0v) is 13.8. The lowest BCUT2D eigenvalue weighted by molar-refractivity contribution is -0.227. The Labute approximate surface area is 150 Å². The number of benzene rings is 1. The summed E-state index contributed by atoms with van der Waals surface area (Å²) < 4.78 is 44.5. The van der Waals surface area contributed by atoms with E-state index in [0.29, 0.717) is 10.6 Å². The van der Waals surface area contributed by atoms with Crippen LogP contribution in [0.3, 0.4) is 0 Å². The molecule has 1 atom stereocenters. The maximum absolute atomic E-state index is 13.2. The van der Waals surface area contributed by atoms with Crippen molar-refractivity contribution in [3.05, 3.63) is 41.1 Å². The number of nitrogens with zero attached hydrogens (tertiary/aromatic N) is 2. The van der Waals surface area contributed by atoms with E-state index in [2.05, 4.69) is 5.16 Å². The minimum Gasteiger partial charge on any atom is -0.481 e. The van der Waals surface area contributed by atoms with E-state index in [1.54, 1.807) is 24.3 Å². The zero-order valence-electron chi connectivity index (χ0n) is 13.1. The molecule has 1 aromatic carbocycles.